The number of hydrogen-bond donors (Lipinski definition) is 2. The van der Waals surface area contributed by atoms with E-state index >= 15 is 0 Å². The quantitative estimate of drug-likeness (QED) is 0.411. The summed E-state index contributed by atoms with van der Waals surface area (Å²) in [6.45, 7) is 5.08. The van der Waals surface area contributed by atoms with E-state index in [1.165, 1.54) is 6.20 Å². The lowest BCUT2D eigenvalue weighted by atomic mass is 10.2. The molecular weight excluding hydrogens is 318 g/mol. The summed E-state index contributed by atoms with van der Waals surface area (Å²) in [5, 5.41) is 15.1. The molecule has 0 aliphatic heterocycles. The molecule has 1 aromatic carbocycles. The Morgan fingerprint density at radius 3 is 2.65 bits per heavy atom. The highest BCUT2D eigenvalue weighted by atomic mass is 35.5. The van der Waals surface area contributed by atoms with Gasteiger partial charge in [0.05, 0.1) is 6.54 Å². The van der Waals surface area contributed by atoms with E-state index in [0.717, 1.165) is 0 Å². The third-order valence-electron chi connectivity index (χ3n) is 2.68. The molecule has 0 heterocycles. The normalized spacial score (nSPS) is 11.2. The Labute approximate surface area is 141 Å². The molecule has 0 aliphatic rings. The van der Waals surface area contributed by atoms with Crippen LogP contribution in [0, 0.1) is 11.3 Å². The number of nitrogens with zero attached hydrogens (tertiary/aromatic N) is 1. The van der Waals surface area contributed by atoms with Crippen molar-refractivity contribution in [1.29, 1.82) is 5.26 Å². The molecule has 2 N–H and O–H groups in total. The van der Waals surface area contributed by atoms with E-state index in [2.05, 4.69) is 10.6 Å². The summed E-state index contributed by atoms with van der Waals surface area (Å²) in [6, 6.07) is 8.54. The maximum absolute atomic E-state index is 12.0. The van der Waals surface area contributed by atoms with Crippen LogP contribution in [-0.2, 0) is 14.3 Å². The average molecular weight is 338 g/mol. The van der Waals surface area contributed by atoms with E-state index in [-0.39, 0.29) is 5.57 Å². The summed E-state index contributed by atoms with van der Waals surface area (Å²) in [7, 11) is 0. The van der Waals surface area contributed by atoms with Crippen molar-refractivity contribution in [3.63, 3.8) is 0 Å². The molecule has 0 bridgehead atoms. The number of anilines is 1. The maximum Gasteiger partial charge on any atom is 0.267 e. The van der Waals surface area contributed by atoms with E-state index in [0.29, 0.717) is 30.5 Å². The Morgan fingerprint density at radius 1 is 1.39 bits per heavy atom. The van der Waals surface area contributed by atoms with Crippen LogP contribution in [0.1, 0.15) is 13.8 Å². The molecule has 7 heteroatoms. The fraction of sp³-hybridized carbons (Fsp3) is 0.375. The van der Waals surface area contributed by atoms with Crippen molar-refractivity contribution in [3.05, 3.63) is 41.1 Å². The lowest BCUT2D eigenvalue weighted by Crippen LogP contribution is -2.29. The van der Waals surface area contributed by atoms with Gasteiger partial charge < -0.3 is 20.1 Å². The molecule has 0 unspecified atom stereocenters. The van der Waals surface area contributed by atoms with Gasteiger partial charge in [0.25, 0.3) is 5.91 Å². The van der Waals surface area contributed by atoms with Gasteiger partial charge in [-0.05, 0) is 32.0 Å². The van der Waals surface area contributed by atoms with E-state index in [9.17, 15) is 4.79 Å². The Kier molecular flexibility index (Phi) is 8.76. The first-order chi connectivity index (χ1) is 11.1. The Morgan fingerprint density at radius 2 is 2.09 bits per heavy atom. The first kappa shape index (κ1) is 19.0. The number of amides is 1. The smallest absolute Gasteiger partial charge is 0.267 e. The van der Waals surface area contributed by atoms with Crippen LogP contribution >= 0.6 is 11.6 Å². The topological polar surface area (TPSA) is 83.4 Å². The second-order valence-electron chi connectivity index (χ2n) is 4.38. The highest BCUT2D eigenvalue weighted by Crippen LogP contribution is 2.15. The first-order valence-corrected chi connectivity index (χ1v) is 7.62. The lowest BCUT2D eigenvalue weighted by molar-refractivity contribution is -0.131. The summed E-state index contributed by atoms with van der Waals surface area (Å²) < 4.78 is 10.7. The highest BCUT2D eigenvalue weighted by Gasteiger charge is 2.11. The zero-order valence-corrected chi connectivity index (χ0v) is 13.9. The van der Waals surface area contributed by atoms with Crippen LogP contribution in [0.15, 0.2) is 36.0 Å². The number of halogens is 1. The van der Waals surface area contributed by atoms with Crippen molar-refractivity contribution in [1.82, 2.24) is 5.32 Å². The van der Waals surface area contributed by atoms with Gasteiger partial charge in [-0.1, -0.05) is 17.7 Å². The van der Waals surface area contributed by atoms with Crippen LogP contribution in [-0.4, -0.2) is 32.0 Å². The number of nitriles is 1. The van der Waals surface area contributed by atoms with Crippen LogP contribution in [0.3, 0.4) is 0 Å². The number of carbonyl (C=O) groups is 1. The molecule has 1 aromatic rings. The lowest BCUT2D eigenvalue weighted by Gasteiger charge is -2.16. The van der Waals surface area contributed by atoms with Crippen molar-refractivity contribution in [2.75, 3.05) is 25.1 Å². The van der Waals surface area contributed by atoms with E-state index in [1.807, 2.05) is 19.9 Å². The van der Waals surface area contributed by atoms with E-state index in [4.69, 9.17) is 26.3 Å². The highest BCUT2D eigenvalue weighted by molar-refractivity contribution is 6.31. The minimum Gasteiger partial charge on any atom is -0.385 e. The molecule has 0 fully saturated rings. The fourth-order valence-corrected chi connectivity index (χ4v) is 1.90. The second-order valence-corrected chi connectivity index (χ2v) is 4.82. The monoisotopic (exact) mass is 337 g/mol. The SMILES string of the molecule is CCOC(CN/C=C(/C#N)C(=O)Nc1cccc(Cl)c1)OCC. The van der Waals surface area contributed by atoms with Crippen molar-refractivity contribution in [3.8, 4) is 6.07 Å². The van der Waals surface area contributed by atoms with Gasteiger partial charge in [-0.3, -0.25) is 4.79 Å². The number of carbonyl (C=O) groups excluding carboxylic acids is 1. The molecule has 0 saturated heterocycles. The molecular formula is C16H20ClN3O3. The Balaban J connectivity index is 2.60. The molecule has 0 saturated carbocycles. The summed E-state index contributed by atoms with van der Waals surface area (Å²) in [6.07, 6.45) is 0.905. The molecule has 1 amide bonds. The zero-order chi connectivity index (χ0) is 17.1. The molecule has 23 heavy (non-hydrogen) atoms. The van der Waals surface area contributed by atoms with E-state index < -0.39 is 12.2 Å². The van der Waals surface area contributed by atoms with Crippen LogP contribution in [0.2, 0.25) is 5.02 Å². The molecule has 124 valence electrons. The Bertz CT molecular complexity index is 578. The summed E-state index contributed by atoms with van der Waals surface area (Å²) in [5.74, 6) is -0.522. The Hall–Kier alpha value is -2.07. The van der Waals surface area contributed by atoms with Gasteiger partial charge in [0.15, 0.2) is 6.29 Å². The molecule has 0 atom stereocenters. The second kappa shape index (κ2) is 10.6. The van der Waals surface area contributed by atoms with Gasteiger partial charge in [0.2, 0.25) is 0 Å². The number of hydrogen-bond acceptors (Lipinski definition) is 5. The van der Waals surface area contributed by atoms with Gasteiger partial charge >= 0.3 is 0 Å². The van der Waals surface area contributed by atoms with Gasteiger partial charge in [0, 0.05) is 30.1 Å². The van der Waals surface area contributed by atoms with Crippen molar-refractivity contribution < 1.29 is 14.3 Å². The first-order valence-electron chi connectivity index (χ1n) is 7.24. The minimum atomic E-state index is -0.522. The molecule has 0 spiro atoms. The van der Waals surface area contributed by atoms with Gasteiger partial charge in [-0.2, -0.15) is 5.26 Å². The summed E-state index contributed by atoms with van der Waals surface area (Å²) in [4.78, 5) is 12.0. The van der Waals surface area contributed by atoms with Crippen LogP contribution in [0.4, 0.5) is 5.69 Å². The van der Waals surface area contributed by atoms with Gasteiger partial charge in [-0.25, -0.2) is 0 Å². The van der Waals surface area contributed by atoms with Gasteiger partial charge in [-0.15, -0.1) is 0 Å². The molecule has 0 radical (unpaired) electrons. The minimum absolute atomic E-state index is 0.0586. The van der Waals surface area contributed by atoms with Gasteiger partial charge in [0.1, 0.15) is 11.6 Å². The molecule has 0 aliphatic carbocycles. The number of rotatable bonds is 9. The molecule has 0 aromatic heterocycles. The molecule has 6 nitrogen and oxygen atoms in total. The van der Waals surface area contributed by atoms with Crippen LogP contribution < -0.4 is 10.6 Å². The van der Waals surface area contributed by atoms with Crippen molar-refractivity contribution >= 4 is 23.2 Å². The van der Waals surface area contributed by atoms with Crippen molar-refractivity contribution in [2.45, 2.75) is 20.1 Å². The predicted octanol–water partition coefficient (Wildman–Crippen LogP) is 2.67. The maximum atomic E-state index is 12.0. The summed E-state index contributed by atoms with van der Waals surface area (Å²) >= 11 is 5.85. The third-order valence-corrected chi connectivity index (χ3v) is 2.92. The van der Waals surface area contributed by atoms with E-state index in [1.54, 1.807) is 24.3 Å². The number of ether oxygens (including phenoxy) is 2. The third kappa shape index (κ3) is 7.15. The summed E-state index contributed by atoms with van der Waals surface area (Å²) in [5.41, 5.74) is 0.460. The fourth-order valence-electron chi connectivity index (χ4n) is 1.71. The average Bonchev–Trinajstić information content (AvgIpc) is 2.51. The van der Waals surface area contributed by atoms with Crippen LogP contribution in [0.5, 0.6) is 0 Å². The number of nitrogens with one attached hydrogen (secondary N) is 2. The zero-order valence-electron chi connectivity index (χ0n) is 13.1. The van der Waals surface area contributed by atoms with Crippen molar-refractivity contribution in [2.24, 2.45) is 0 Å². The molecule has 1 rings (SSSR count). The number of benzene rings is 1. The predicted molar refractivity (Wildman–Crippen MR) is 88.8 cm³/mol. The standard InChI is InChI=1S/C16H20ClN3O3/c1-3-22-15(23-4-2)11-19-10-12(9-18)16(21)20-14-7-5-6-13(17)8-14/h5-8,10,15,19H,3-4,11H2,1-2H3,(H,20,21)/b12-10-. The van der Waals surface area contributed by atoms with Crippen LogP contribution in [0.25, 0.3) is 0 Å². The largest absolute Gasteiger partial charge is 0.385 e.